The molecule has 132 valence electrons. The number of carbonyl (C=O) groups excluding carboxylic acids is 1. The van der Waals surface area contributed by atoms with Crippen molar-refractivity contribution in [2.24, 2.45) is 0 Å². The fourth-order valence-electron chi connectivity index (χ4n) is 3.09. The van der Waals surface area contributed by atoms with E-state index < -0.39 is 5.82 Å². The Labute approximate surface area is 152 Å². The first kappa shape index (κ1) is 17.9. The summed E-state index contributed by atoms with van der Waals surface area (Å²) in [6, 6.07) is 12.7. The summed E-state index contributed by atoms with van der Waals surface area (Å²) in [4.78, 5) is 14.5. The third-order valence-electron chi connectivity index (χ3n) is 4.52. The molecule has 0 saturated carbocycles. The van der Waals surface area contributed by atoms with E-state index in [-0.39, 0.29) is 22.9 Å². The van der Waals surface area contributed by atoms with Crippen LogP contribution in [0.5, 0.6) is 0 Å². The topological polar surface area (TPSA) is 32.3 Å². The molecule has 1 amide bonds. The second-order valence-corrected chi connectivity index (χ2v) is 6.86. The molecule has 0 atom stereocenters. The Morgan fingerprint density at radius 3 is 2.44 bits per heavy atom. The van der Waals surface area contributed by atoms with Crippen molar-refractivity contribution >= 4 is 17.5 Å². The van der Waals surface area contributed by atoms with Crippen molar-refractivity contribution in [3.05, 3.63) is 70.0 Å². The molecule has 1 aliphatic rings. The number of rotatable bonds is 6. The third kappa shape index (κ3) is 5.03. The zero-order valence-electron chi connectivity index (χ0n) is 14.1. The van der Waals surface area contributed by atoms with Gasteiger partial charge < -0.3 is 5.32 Å². The quantitative estimate of drug-likeness (QED) is 0.846. The largest absolute Gasteiger partial charge is 0.352 e. The molecule has 1 aliphatic heterocycles. The summed E-state index contributed by atoms with van der Waals surface area (Å²) in [7, 11) is 0. The van der Waals surface area contributed by atoms with Crippen molar-refractivity contribution < 1.29 is 9.18 Å². The van der Waals surface area contributed by atoms with Gasteiger partial charge in [0.15, 0.2) is 0 Å². The maximum Gasteiger partial charge on any atom is 0.224 e. The van der Waals surface area contributed by atoms with Gasteiger partial charge in [-0.2, -0.15) is 0 Å². The number of hydrogen-bond donors (Lipinski definition) is 1. The van der Waals surface area contributed by atoms with E-state index in [0.717, 1.165) is 12.1 Å². The number of benzene rings is 2. The second-order valence-electron chi connectivity index (χ2n) is 6.45. The first-order valence-electron chi connectivity index (χ1n) is 8.61. The normalized spacial score (nSPS) is 14.6. The fraction of sp³-hybridized carbons (Fsp3) is 0.350. The Balaban J connectivity index is 1.50. The van der Waals surface area contributed by atoms with Gasteiger partial charge >= 0.3 is 0 Å². The van der Waals surface area contributed by atoms with E-state index in [1.807, 2.05) is 12.1 Å². The summed E-state index contributed by atoms with van der Waals surface area (Å²) in [6.07, 6.45) is 2.52. The Bertz CT molecular complexity index is 707. The number of carbonyl (C=O) groups is 1. The number of nitrogens with zero attached hydrogens (tertiary/aromatic N) is 1. The highest BCUT2D eigenvalue weighted by atomic mass is 35.5. The number of nitrogens with one attached hydrogen (secondary N) is 1. The first-order chi connectivity index (χ1) is 12.1. The molecule has 25 heavy (non-hydrogen) atoms. The SMILES string of the molecule is O=C(Cc1c(F)cccc1Cl)NCc1ccc(CN2CCCC2)cc1. The minimum Gasteiger partial charge on any atom is -0.352 e. The predicted octanol–water partition coefficient (Wildman–Crippen LogP) is 3.93. The molecule has 0 aliphatic carbocycles. The van der Waals surface area contributed by atoms with E-state index in [4.69, 9.17) is 11.6 Å². The highest BCUT2D eigenvalue weighted by molar-refractivity contribution is 6.31. The Hall–Kier alpha value is -1.91. The van der Waals surface area contributed by atoms with Gasteiger partial charge in [-0.25, -0.2) is 4.39 Å². The van der Waals surface area contributed by atoms with E-state index in [9.17, 15) is 9.18 Å². The summed E-state index contributed by atoms with van der Waals surface area (Å²) in [6.45, 7) is 3.76. The lowest BCUT2D eigenvalue weighted by Crippen LogP contribution is -2.25. The lowest BCUT2D eigenvalue weighted by Gasteiger charge is -2.14. The van der Waals surface area contributed by atoms with Gasteiger partial charge in [0, 0.05) is 23.7 Å². The number of likely N-dealkylation sites (tertiary alicyclic amines) is 1. The third-order valence-corrected chi connectivity index (χ3v) is 4.87. The van der Waals surface area contributed by atoms with E-state index in [1.165, 1.54) is 43.6 Å². The molecule has 1 saturated heterocycles. The van der Waals surface area contributed by atoms with Crippen LogP contribution in [-0.4, -0.2) is 23.9 Å². The van der Waals surface area contributed by atoms with Gasteiger partial charge in [0.05, 0.1) is 6.42 Å². The molecule has 0 aromatic heterocycles. The Morgan fingerprint density at radius 1 is 1.08 bits per heavy atom. The molecule has 0 unspecified atom stereocenters. The lowest BCUT2D eigenvalue weighted by atomic mass is 10.1. The van der Waals surface area contributed by atoms with Gasteiger partial charge in [0.2, 0.25) is 5.91 Å². The van der Waals surface area contributed by atoms with Crippen molar-refractivity contribution in [2.45, 2.75) is 32.4 Å². The molecular formula is C20H22ClFN2O. The fourth-order valence-corrected chi connectivity index (χ4v) is 3.32. The molecule has 0 radical (unpaired) electrons. The van der Waals surface area contributed by atoms with Crippen molar-refractivity contribution in [3.8, 4) is 0 Å². The number of hydrogen-bond acceptors (Lipinski definition) is 2. The van der Waals surface area contributed by atoms with Gasteiger partial charge in [-0.3, -0.25) is 9.69 Å². The van der Waals surface area contributed by atoms with Crippen LogP contribution < -0.4 is 5.32 Å². The van der Waals surface area contributed by atoms with Crippen LogP contribution in [0.4, 0.5) is 4.39 Å². The van der Waals surface area contributed by atoms with Crippen LogP contribution in [0.15, 0.2) is 42.5 Å². The molecule has 2 aromatic carbocycles. The van der Waals surface area contributed by atoms with Crippen LogP contribution in [0.1, 0.15) is 29.5 Å². The van der Waals surface area contributed by atoms with Crippen molar-refractivity contribution in [3.63, 3.8) is 0 Å². The molecule has 1 N–H and O–H groups in total. The lowest BCUT2D eigenvalue weighted by molar-refractivity contribution is -0.120. The summed E-state index contributed by atoms with van der Waals surface area (Å²) >= 11 is 5.95. The van der Waals surface area contributed by atoms with Gasteiger partial charge in [-0.15, -0.1) is 0 Å². The van der Waals surface area contributed by atoms with Gasteiger partial charge in [-0.05, 0) is 49.2 Å². The van der Waals surface area contributed by atoms with E-state index in [2.05, 4.69) is 22.3 Å². The summed E-state index contributed by atoms with van der Waals surface area (Å²) in [5.41, 5.74) is 2.55. The van der Waals surface area contributed by atoms with Gasteiger partial charge in [0.25, 0.3) is 0 Å². The van der Waals surface area contributed by atoms with Gasteiger partial charge in [0.1, 0.15) is 5.82 Å². The summed E-state index contributed by atoms with van der Waals surface area (Å²) in [5, 5.41) is 3.10. The van der Waals surface area contributed by atoms with Crippen molar-refractivity contribution in [1.82, 2.24) is 10.2 Å². The molecule has 3 rings (SSSR count). The van der Waals surface area contributed by atoms with E-state index in [1.54, 1.807) is 6.07 Å². The van der Waals surface area contributed by atoms with E-state index in [0.29, 0.717) is 6.54 Å². The van der Waals surface area contributed by atoms with Gasteiger partial charge in [-0.1, -0.05) is 41.9 Å². The standard InChI is InChI=1S/C20H22ClFN2O/c21-18-4-3-5-19(22)17(18)12-20(25)23-13-15-6-8-16(9-7-15)14-24-10-1-2-11-24/h3-9H,1-2,10-14H2,(H,23,25). The van der Waals surface area contributed by atoms with Crippen LogP contribution in [0, 0.1) is 5.82 Å². The molecule has 3 nitrogen and oxygen atoms in total. The van der Waals surface area contributed by atoms with Crippen LogP contribution >= 0.6 is 11.6 Å². The highest BCUT2D eigenvalue weighted by Gasteiger charge is 2.13. The Kier molecular flexibility index (Phi) is 6.05. The monoisotopic (exact) mass is 360 g/mol. The molecule has 1 fully saturated rings. The summed E-state index contributed by atoms with van der Waals surface area (Å²) in [5.74, 6) is -0.693. The molecule has 0 spiro atoms. The van der Waals surface area contributed by atoms with Crippen molar-refractivity contribution in [1.29, 1.82) is 0 Å². The van der Waals surface area contributed by atoms with Crippen LogP contribution in [0.2, 0.25) is 5.02 Å². The predicted molar refractivity (Wildman–Crippen MR) is 97.9 cm³/mol. The average molecular weight is 361 g/mol. The maximum atomic E-state index is 13.7. The second kappa shape index (κ2) is 8.45. The minimum atomic E-state index is -0.450. The maximum absolute atomic E-state index is 13.7. The first-order valence-corrected chi connectivity index (χ1v) is 8.99. The molecule has 1 heterocycles. The molecule has 5 heteroatoms. The van der Waals surface area contributed by atoms with Crippen LogP contribution in [-0.2, 0) is 24.3 Å². The van der Waals surface area contributed by atoms with Crippen LogP contribution in [0.25, 0.3) is 0 Å². The number of halogens is 2. The number of amides is 1. The molecule has 0 bridgehead atoms. The van der Waals surface area contributed by atoms with Crippen LogP contribution in [0.3, 0.4) is 0 Å². The van der Waals surface area contributed by atoms with Crippen molar-refractivity contribution in [2.75, 3.05) is 13.1 Å². The van der Waals surface area contributed by atoms with E-state index >= 15 is 0 Å². The minimum absolute atomic E-state index is 0.0570. The summed E-state index contributed by atoms with van der Waals surface area (Å²) < 4.78 is 13.7. The molecular weight excluding hydrogens is 339 g/mol. The average Bonchev–Trinajstić information content (AvgIpc) is 3.11. The smallest absolute Gasteiger partial charge is 0.224 e. The zero-order chi connectivity index (χ0) is 17.6. The molecule has 2 aromatic rings. The highest BCUT2D eigenvalue weighted by Crippen LogP contribution is 2.19. The zero-order valence-corrected chi connectivity index (χ0v) is 14.9. The Morgan fingerprint density at radius 2 is 1.76 bits per heavy atom.